The molecule has 4 N–H and O–H groups in total. The number of carbonyl (C=O) groups is 2. The number of hydrogen-bond acceptors (Lipinski definition) is 3. The van der Waals surface area contributed by atoms with Crippen molar-refractivity contribution in [1.29, 1.82) is 0 Å². The second-order valence-corrected chi connectivity index (χ2v) is 5.82. The highest BCUT2D eigenvalue weighted by Crippen LogP contribution is 2.05. The molecule has 0 saturated heterocycles. The Labute approximate surface area is 179 Å². The molecule has 0 aliphatic heterocycles. The van der Waals surface area contributed by atoms with Crippen LogP contribution in [0.15, 0.2) is 29.3 Å². The molecule has 1 aromatic carbocycles. The number of aliphatic imine (C=N–C) groups is 1. The fraction of sp³-hybridized carbons (Fsp3) is 0.526. The van der Waals surface area contributed by atoms with Crippen molar-refractivity contribution >= 4 is 41.8 Å². The Kier molecular flexibility index (Phi) is 14.2. The molecule has 0 aliphatic rings. The molecule has 0 unspecified atom stereocenters. The third-order valence-corrected chi connectivity index (χ3v) is 3.65. The van der Waals surface area contributed by atoms with Gasteiger partial charge in [0.2, 0.25) is 5.91 Å². The lowest BCUT2D eigenvalue weighted by Gasteiger charge is -2.11. The van der Waals surface area contributed by atoms with E-state index >= 15 is 0 Å². The maximum Gasteiger partial charge on any atom is 0.251 e. The Balaban J connectivity index is 0.00000676. The van der Waals surface area contributed by atoms with Crippen molar-refractivity contribution in [2.75, 3.05) is 33.2 Å². The minimum atomic E-state index is -0.0870. The van der Waals surface area contributed by atoms with Gasteiger partial charge in [0.15, 0.2) is 5.96 Å². The molecule has 27 heavy (non-hydrogen) atoms. The average Bonchev–Trinajstić information content (AvgIpc) is 2.66. The van der Waals surface area contributed by atoms with Crippen LogP contribution in [-0.4, -0.2) is 51.0 Å². The smallest absolute Gasteiger partial charge is 0.251 e. The molecule has 0 aliphatic carbocycles. The predicted molar refractivity (Wildman–Crippen MR) is 121 cm³/mol. The fourth-order valence-electron chi connectivity index (χ4n) is 2.30. The molecule has 0 atom stereocenters. The summed E-state index contributed by atoms with van der Waals surface area (Å²) < 4.78 is 0. The van der Waals surface area contributed by atoms with Crippen LogP contribution in [0.25, 0.3) is 0 Å². The van der Waals surface area contributed by atoms with Crippen LogP contribution in [0.4, 0.5) is 0 Å². The van der Waals surface area contributed by atoms with Gasteiger partial charge in [0.05, 0.1) is 6.54 Å². The Hall–Kier alpha value is -1.84. The van der Waals surface area contributed by atoms with Gasteiger partial charge in [-0.2, -0.15) is 0 Å². The molecule has 2 amide bonds. The molecule has 1 aromatic rings. The average molecular weight is 489 g/mol. The summed E-state index contributed by atoms with van der Waals surface area (Å²) in [5, 5.41) is 11.9. The van der Waals surface area contributed by atoms with E-state index in [9.17, 15) is 9.59 Å². The lowest BCUT2D eigenvalue weighted by Crippen LogP contribution is -2.38. The molecular formula is C19H32IN5O2. The van der Waals surface area contributed by atoms with Crippen molar-refractivity contribution < 1.29 is 9.59 Å². The Morgan fingerprint density at radius 3 is 2.52 bits per heavy atom. The van der Waals surface area contributed by atoms with E-state index in [2.05, 4.69) is 26.3 Å². The number of carbonyl (C=O) groups excluding carboxylic acids is 2. The molecule has 7 nitrogen and oxygen atoms in total. The van der Waals surface area contributed by atoms with Crippen LogP contribution in [-0.2, 0) is 11.2 Å². The first-order valence-electron chi connectivity index (χ1n) is 9.20. The maximum atomic E-state index is 11.7. The van der Waals surface area contributed by atoms with Crippen molar-refractivity contribution in [3.8, 4) is 0 Å². The van der Waals surface area contributed by atoms with Gasteiger partial charge in [0.25, 0.3) is 5.91 Å². The lowest BCUT2D eigenvalue weighted by atomic mass is 10.1. The summed E-state index contributed by atoms with van der Waals surface area (Å²) in [5.41, 5.74) is 1.73. The zero-order valence-electron chi connectivity index (χ0n) is 16.4. The third-order valence-electron chi connectivity index (χ3n) is 3.65. The Morgan fingerprint density at radius 1 is 1.07 bits per heavy atom. The highest BCUT2D eigenvalue weighted by Gasteiger charge is 2.04. The van der Waals surface area contributed by atoms with E-state index < -0.39 is 0 Å². The zero-order chi connectivity index (χ0) is 19.2. The van der Waals surface area contributed by atoms with Crippen molar-refractivity contribution in [3.63, 3.8) is 0 Å². The summed E-state index contributed by atoms with van der Waals surface area (Å²) in [6.07, 6.45) is 2.08. The van der Waals surface area contributed by atoms with E-state index in [0.717, 1.165) is 24.9 Å². The van der Waals surface area contributed by atoms with Gasteiger partial charge in [-0.3, -0.25) is 14.6 Å². The topological polar surface area (TPSA) is 94.6 Å². The van der Waals surface area contributed by atoms with Gasteiger partial charge in [0, 0.05) is 38.7 Å². The molecule has 8 heteroatoms. The SMILES string of the molecule is CCCNC(=O)CCN=C(NCC)NCCc1cccc(C(=O)NC)c1.I. The van der Waals surface area contributed by atoms with Crippen molar-refractivity contribution in [2.24, 2.45) is 4.99 Å². The van der Waals surface area contributed by atoms with E-state index in [1.165, 1.54) is 0 Å². The number of rotatable bonds is 10. The predicted octanol–water partition coefficient (Wildman–Crippen LogP) is 1.68. The number of benzene rings is 1. The molecule has 152 valence electrons. The third kappa shape index (κ3) is 10.8. The van der Waals surface area contributed by atoms with E-state index in [4.69, 9.17) is 0 Å². The molecule has 0 heterocycles. The molecule has 0 aromatic heterocycles. The molecule has 1 rings (SSSR count). The molecule has 0 bridgehead atoms. The van der Waals surface area contributed by atoms with Gasteiger partial charge in [0.1, 0.15) is 0 Å². The van der Waals surface area contributed by atoms with Crippen LogP contribution in [0.1, 0.15) is 42.6 Å². The molecule has 0 radical (unpaired) electrons. The second-order valence-electron chi connectivity index (χ2n) is 5.82. The zero-order valence-corrected chi connectivity index (χ0v) is 18.8. The second kappa shape index (κ2) is 15.2. The van der Waals surface area contributed by atoms with Crippen LogP contribution in [0.3, 0.4) is 0 Å². The minimum absolute atomic E-state index is 0. The van der Waals surface area contributed by atoms with Gasteiger partial charge < -0.3 is 21.3 Å². The van der Waals surface area contributed by atoms with Crippen molar-refractivity contribution in [1.82, 2.24) is 21.3 Å². The number of amides is 2. The van der Waals surface area contributed by atoms with Gasteiger partial charge in [-0.15, -0.1) is 24.0 Å². The van der Waals surface area contributed by atoms with E-state index in [1.807, 2.05) is 32.0 Å². The number of nitrogens with one attached hydrogen (secondary N) is 4. The summed E-state index contributed by atoms with van der Waals surface area (Å²) in [4.78, 5) is 27.7. The van der Waals surface area contributed by atoms with Gasteiger partial charge >= 0.3 is 0 Å². The summed E-state index contributed by atoms with van der Waals surface area (Å²) in [5.74, 6) is 0.631. The first-order chi connectivity index (χ1) is 12.6. The van der Waals surface area contributed by atoms with Crippen LogP contribution in [0.5, 0.6) is 0 Å². The number of hydrogen-bond donors (Lipinski definition) is 4. The van der Waals surface area contributed by atoms with Gasteiger partial charge in [-0.25, -0.2) is 0 Å². The maximum absolute atomic E-state index is 11.7. The number of halogens is 1. The molecular weight excluding hydrogens is 457 g/mol. The van der Waals surface area contributed by atoms with E-state index in [1.54, 1.807) is 13.1 Å². The highest BCUT2D eigenvalue weighted by molar-refractivity contribution is 14.0. The summed E-state index contributed by atoms with van der Waals surface area (Å²) in [7, 11) is 1.62. The molecule has 0 spiro atoms. The standard InChI is InChI=1S/C19H31N5O2.HI/c1-4-11-22-17(25)10-13-24-19(21-5-2)23-12-9-15-7-6-8-16(14-15)18(26)20-3;/h6-8,14H,4-5,9-13H2,1-3H3,(H,20,26)(H,22,25)(H2,21,23,24);1H. The first kappa shape index (κ1) is 25.2. The van der Waals surface area contributed by atoms with Crippen molar-refractivity contribution in [2.45, 2.75) is 33.1 Å². The summed E-state index contributed by atoms with van der Waals surface area (Å²) in [6, 6.07) is 7.57. The molecule has 0 saturated carbocycles. The largest absolute Gasteiger partial charge is 0.357 e. The quantitative estimate of drug-likeness (QED) is 0.229. The minimum Gasteiger partial charge on any atom is -0.357 e. The van der Waals surface area contributed by atoms with Gasteiger partial charge in [-0.05, 0) is 37.5 Å². The normalized spacial score (nSPS) is 10.6. The lowest BCUT2D eigenvalue weighted by molar-refractivity contribution is -0.120. The van der Waals surface area contributed by atoms with E-state index in [-0.39, 0.29) is 35.8 Å². The van der Waals surface area contributed by atoms with Crippen LogP contribution >= 0.6 is 24.0 Å². The van der Waals surface area contributed by atoms with Gasteiger partial charge in [-0.1, -0.05) is 19.1 Å². The number of guanidine groups is 1. The van der Waals surface area contributed by atoms with E-state index in [0.29, 0.717) is 37.6 Å². The van der Waals surface area contributed by atoms with Crippen molar-refractivity contribution in [3.05, 3.63) is 35.4 Å². The fourth-order valence-corrected chi connectivity index (χ4v) is 2.30. The Morgan fingerprint density at radius 2 is 1.85 bits per heavy atom. The highest BCUT2D eigenvalue weighted by atomic mass is 127. The summed E-state index contributed by atoms with van der Waals surface area (Å²) in [6.45, 7) is 6.60. The van der Waals surface area contributed by atoms with Crippen LogP contribution in [0.2, 0.25) is 0 Å². The van der Waals surface area contributed by atoms with Crippen LogP contribution < -0.4 is 21.3 Å². The summed E-state index contributed by atoms with van der Waals surface area (Å²) >= 11 is 0. The first-order valence-corrected chi connectivity index (χ1v) is 9.20. The Bertz CT molecular complexity index is 608. The monoisotopic (exact) mass is 489 g/mol. The van der Waals surface area contributed by atoms with Crippen LogP contribution in [0, 0.1) is 0 Å². The number of nitrogens with zero attached hydrogens (tertiary/aromatic N) is 1. The molecule has 0 fully saturated rings.